The summed E-state index contributed by atoms with van der Waals surface area (Å²) < 4.78 is 45.5. The van der Waals surface area contributed by atoms with Gasteiger partial charge in [0.1, 0.15) is 29.8 Å². The van der Waals surface area contributed by atoms with Crippen molar-refractivity contribution in [2.75, 3.05) is 6.61 Å². The standard InChI is InChI=1S/C21H18ClF3N2O2/c1-13(12-29-20-4-3-15(23)11-18(20)22)2-5-21(28)27-19(6-7-26-27)14-8-16(24)10-17(25)9-14/h3-4,7-11,19H,1-2,5-6,12H2. The third-order valence-corrected chi connectivity index (χ3v) is 4.67. The van der Waals surface area contributed by atoms with Crippen LogP contribution >= 0.6 is 11.6 Å². The van der Waals surface area contributed by atoms with E-state index in [0.717, 1.165) is 12.1 Å². The molecule has 0 aliphatic carbocycles. The van der Waals surface area contributed by atoms with Crippen LogP contribution in [0.15, 0.2) is 53.7 Å². The van der Waals surface area contributed by atoms with E-state index in [1.165, 1.54) is 29.3 Å². The van der Waals surface area contributed by atoms with Crippen LogP contribution in [0.1, 0.15) is 30.9 Å². The quantitative estimate of drug-likeness (QED) is 0.558. The number of nitrogens with zero attached hydrogens (tertiary/aromatic N) is 2. The van der Waals surface area contributed by atoms with Crippen LogP contribution in [0.2, 0.25) is 5.02 Å². The van der Waals surface area contributed by atoms with Crippen molar-refractivity contribution in [3.63, 3.8) is 0 Å². The zero-order chi connectivity index (χ0) is 21.0. The molecule has 8 heteroatoms. The minimum Gasteiger partial charge on any atom is -0.488 e. The maximum absolute atomic E-state index is 13.5. The highest BCUT2D eigenvalue weighted by Gasteiger charge is 2.28. The molecule has 1 atom stereocenters. The zero-order valence-electron chi connectivity index (χ0n) is 15.4. The molecule has 0 saturated heterocycles. The predicted molar refractivity (Wildman–Crippen MR) is 104 cm³/mol. The third-order valence-electron chi connectivity index (χ3n) is 4.37. The zero-order valence-corrected chi connectivity index (χ0v) is 16.1. The van der Waals surface area contributed by atoms with Gasteiger partial charge in [0.15, 0.2) is 0 Å². The number of ether oxygens (including phenoxy) is 1. The first-order valence-electron chi connectivity index (χ1n) is 8.88. The fourth-order valence-electron chi connectivity index (χ4n) is 2.94. The smallest absolute Gasteiger partial charge is 0.243 e. The molecule has 3 rings (SSSR count). The number of halogens is 4. The number of hydrazone groups is 1. The van der Waals surface area contributed by atoms with Gasteiger partial charge in [-0.2, -0.15) is 5.10 Å². The average Bonchev–Trinajstić information content (AvgIpc) is 3.14. The maximum Gasteiger partial charge on any atom is 0.243 e. The molecule has 4 nitrogen and oxygen atoms in total. The van der Waals surface area contributed by atoms with Gasteiger partial charge in [0.2, 0.25) is 5.91 Å². The first kappa shape index (κ1) is 20.9. The number of carbonyl (C=O) groups excluding carboxylic acids is 1. The second-order valence-electron chi connectivity index (χ2n) is 6.60. The molecule has 0 saturated carbocycles. The van der Waals surface area contributed by atoms with Crippen molar-refractivity contribution in [1.82, 2.24) is 5.01 Å². The van der Waals surface area contributed by atoms with E-state index >= 15 is 0 Å². The third kappa shape index (κ3) is 5.38. The van der Waals surface area contributed by atoms with Gasteiger partial charge >= 0.3 is 0 Å². The summed E-state index contributed by atoms with van der Waals surface area (Å²) in [5.74, 6) is -1.86. The Labute approximate surface area is 171 Å². The SMILES string of the molecule is C=C(CCC(=O)N1N=CCC1c1cc(F)cc(F)c1)COc1ccc(F)cc1Cl. The molecule has 29 heavy (non-hydrogen) atoms. The first-order valence-corrected chi connectivity index (χ1v) is 9.26. The summed E-state index contributed by atoms with van der Waals surface area (Å²) in [4.78, 5) is 12.5. The number of hydrogen-bond donors (Lipinski definition) is 0. The van der Waals surface area contributed by atoms with E-state index in [-0.39, 0.29) is 24.0 Å². The van der Waals surface area contributed by atoms with Gasteiger partial charge in [0.25, 0.3) is 0 Å². The van der Waals surface area contributed by atoms with Crippen molar-refractivity contribution >= 4 is 23.7 Å². The molecular weight excluding hydrogens is 405 g/mol. The van der Waals surface area contributed by atoms with Crippen molar-refractivity contribution in [3.8, 4) is 5.75 Å². The monoisotopic (exact) mass is 422 g/mol. The molecule has 0 radical (unpaired) electrons. The van der Waals surface area contributed by atoms with Gasteiger partial charge in [-0.3, -0.25) is 4.79 Å². The second kappa shape index (κ2) is 9.13. The number of amides is 1. The van der Waals surface area contributed by atoms with Gasteiger partial charge in [-0.15, -0.1) is 0 Å². The molecule has 0 fully saturated rings. The van der Waals surface area contributed by atoms with E-state index < -0.39 is 23.5 Å². The molecule has 1 aliphatic heterocycles. The summed E-state index contributed by atoms with van der Waals surface area (Å²) in [6, 6.07) is 6.41. The highest BCUT2D eigenvalue weighted by Crippen LogP contribution is 2.30. The van der Waals surface area contributed by atoms with Crippen LogP contribution in [-0.4, -0.2) is 23.7 Å². The lowest BCUT2D eigenvalue weighted by Crippen LogP contribution is -2.27. The Hall–Kier alpha value is -2.80. The van der Waals surface area contributed by atoms with Crippen molar-refractivity contribution in [3.05, 3.63) is 76.6 Å². The van der Waals surface area contributed by atoms with E-state index in [1.807, 2.05) is 0 Å². The van der Waals surface area contributed by atoms with E-state index in [2.05, 4.69) is 11.7 Å². The Morgan fingerprint density at radius 1 is 1.14 bits per heavy atom. The van der Waals surface area contributed by atoms with Crippen molar-refractivity contribution in [1.29, 1.82) is 0 Å². The summed E-state index contributed by atoms with van der Waals surface area (Å²) in [5.41, 5.74) is 0.983. The minimum atomic E-state index is -0.704. The van der Waals surface area contributed by atoms with Crippen LogP contribution in [0.25, 0.3) is 0 Å². The van der Waals surface area contributed by atoms with Crippen molar-refractivity contribution in [2.24, 2.45) is 5.10 Å². The summed E-state index contributed by atoms with van der Waals surface area (Å²) in [7, 11) is 0. The highest BCUT2D eigenvalue weighted by molar-refractivity contribution is 6.32. The molecule has 1 aliphatic rings. The molecule has 0 N–H and O–H groups in total. The summed E-state index contributed by atoms with van der Waals surface area (Å²) in [6.45, 7) is 3.98. The molecule has 0 aromatic heterocycles. The van der Waals surface area contributed by atoms with Crippen LogP contribution in [0.3, 0.4) is 0 Å². The van der Waals surface area contributed by atoms with E-state index in [1.54, 1.807) is 6.21 Å². The largest absolute Gasteiger partial charge is 0.488 e. The molecule has 1 heterocycles. The fraction of sp³-hybridized carbons (Fsp3) is 0.238. The first-order chi connectivity index (χ1) is 13.8. The van der Waals surface area contributed by atoms with Crippen LogP contribution in [0.4, 0.5) is 13.2 Å². The van der Waals surface area contributed by atoms with Crippen molar-refractivity contribution < 1.29 is 22.7 Å². The average molecular weight is 423 g/mol. The normalized spacial score (nSPS) is 15.6. The molecule has 2 aromatic carbocycles. The molecule has 152 valence electrons. The summed E-state index contributed by atoms with van der Waals surface area (Å²) in [5, 5.41) is 5.42. The van der Waals surface area contributed by atoms with Gasteiger partial charge in [-0.05, 0) is 47.9 Å². The van der Waals surface area contributed by atoms with Gasteiger partial charge in [-0.25, -0.2) is 18.2 Å². The lowest BCUT2D eigenvalue weighted by molar-refractivity contribution is -0.133. The molecule has 1 unspecified atom stereocenters. The Morgan fingerprint density at radius 2 is 1.86 bits per heavy atom. The molecular formula is C21H18ClF3N2O2. The maximum atomic E-state index is 13.5. The Balaban J connectivity index is 1.54. The summed E-state index contributed by atoms with van der Waals surface area (Å²) in [6.07, 6.45) is 2.35. The van der Waals surface area contributed by atoms with Crippen LogP contribution in [-0.2, 0) is 4.79 Å². The number of carbonyl (C=O) groups is 1. The van der Waals surface area contributed by atoms with Gasteiger partial charge in [0, 0.05) is 25.1 Å². The summed E-state index contributed by atoms with van der Waals surface area (Å²) >= 11 is 5.90. The van der Waals surface area contributed by atoms with E-state index in [9.17, 15) is 18.0 Å². The number of benzene rings is 2. The topological polar surface area (TPSA) is 41.9 Å². The van der Waals surface area contributed by atoms with Gasteiger partial charge in [-0.1, -0.05) is 18.2 Å². The number of rotatable bonds is 7. The van der Waals surface area contributed by atoms with Crippen molar-refractivity contribution in [2.45, 2.75) is 25.3 Å². The molecule has 1 amide bonds. The second-order valence-corrected chi connectivity index (χ2v) is 7.01. The molecule has 2 aromatic rings. The lowest BCUT2D eigenvalue weighted by atomic mass is 10.0. The molecule has 0 spiro atoms. The van der Waals surface area contributed by atoms with Crippen LogP contribution in [0, 0.1) is 17.5 Å². The lowest BCUT2D eigenvalue weighted by Gasteiger charge is -2.22. The Kier molecular flexibility index (Phi) is 6.59. The van der Waals surface area contributed by atoms with Crippen LogP contribution in [0.5, 0.6) is 5.75 Å². The van der Waals surface area contributed by atoms with Crippen LogP contribution < -0.4 is 4.74 Å². The van der Waals surface area contributed by atoms with Gasteiger partial charge in [0.05, 0.1) is 11.1 Å². The Morgan fingerprint density at radius 3 is 2.55 bits per heavy atom. The fourth-order valence-corrected chi connectivity index (χ4v) is 3.16. The highest BCUT2D eigenvalue weighted by atomic mass is 35.5. The number of hydrogen-bond acceptors (Lipinski definition) is 3. The van der Waals surface area contributed by atoms with E-state index in [4.69, 9.17) is 16.3 Å². The Bertz CT molecular complexity index is 945. The molecule has 0 bridgehead atoms. The van der Waals surface area contributed by atoms with E-state index in [0.29, 0.717) is 29.7 Å². The minimum absolute atomic E-state index is 0.102. The van der Waals surface area contributed by atoms with Gasteiger partial charge < -0.3 is 4.74 Å². The predicted octanol–water partition coefficient (Wildman–Crippen LogP) is 5.43.